The first-order valence-electron chi connectivity index (χ1n) is 11.2. The normalized spacial score (nSPS) is 19.7. The van der Waals surface area contributed by atoms with Crippen LogP contribution >= 0.6 is 11.3 Å². The summed E-state index contributed by atoms with van der Waals surface area (Å²) in [6.07, 6.45) is 5.84. The van der Waals surface area contributed by atoms with Gasteiger partial charge in [0.05, 0.1) is 12.6 Å². The van der Waals surface area contributed by atoms with Crippen molar-refractivity contribution in [1.29, 1.82) is 0 Å². The molecule has 1 saturated heterocycles. The first-order chi connectivity index (χ1) is 14.1. The molecule has 1 atom stereocenters. The Morgan fingerprint density at radius 3 is 2.55 bits per heavy atom. The van der Waals surface area contributed by atoms with Crippen LogP contribution in [0, 0.1) is 5.92 Å². The molecule has 1 N–H and O–H groups in total. The summed E-state index contributed by atoms with van der Waals surface area (Å²) in [6, 6.07) is 4.41. The van der Waals surface area contributed by atoms with Crippen LogP contribution in [0.5, 0.6) is 0 Å². The Labute approximate surface area is 179 Å². The van der Waals surface area contributed by atoms with Crippen LogP contribution in [0.15, 0.2) is 17.5 Å². The molecule has 2 heterocycles. The number of hydrogen-bond donors (Lipinski definition) is 1. The number of rotatable bonds is 7. The Kier molecular flexibility index (Phi) is 8.36. The van der Waals surface area contributed by atoms with Gasteiger partial charge >= 0.3 is 6.03 Å². The molecular formula is C22H36N4O2S. The number of carbonyl (C=O) groups is 2. The van der Waals surface area contributed by atoms with E-state index in [1.165, 1.54) is 30.6 Å². The van der Waals surface area contributed by atoms with Gasteiger partial charge in [0, 0.05) is 44.1 Å². The molecule has 1 aromatic rings. The summed E-state index contributed by atoms with van der Waals surface area (Å²) in [5.41, 5.74) is 0. The number of amides is 3. The first kappa shape index (κ1) is 22.1. The molecule has 2 aliphatic rings. The third-order valence-electron chi connectivity index (χ3n) is 6.35. The van der Waals surface area contributed by atoms with Crippen LogP contribution < -0.4 is 5.32 Å². The number of nitrogens with zero attached hydrogens (tertiary/aromatic N) is 3. The second-order valence-corrected chi connectivity index (χ2v) is 9.15. The number of carbonyl (C=O) groups excluding carboxylic acids is 2. The van der Waals surface area contributed by atoms with Gasteiger partial charge in [-0.3, -0.25) is 9.69 Å². The van der Waals surface area contributed by atoms with Crippen molar-refractivity contribution in [2.45, 2.75) is 52.0 Å². The molecule has 162 valence electrons. The lowest BCUT2D eigenvalue weighted by molar-refractivity contribution is -0.132. The molecule has 1 saturated carbocycles. The third-order valence-corrected chi connectivity index (χ3v) is 7.31. The van der Waals surface area contributed by atoms with Crippen LogP contribution in [0.1, 0.15) is 56.9 Å². The second-order valence-electron chi connectivity index (χ2n) is 8.17. The van der Waals surface area contributed by atoms with Gasteiger partial charge in [0.15, 0.2) is 0 Å². The highest BCUT2D eigenvalue weighted by atomic mass is 32.1. The van der Waals surface area contributed by atoms with Crippen molar-refractivity contribution in [3.05, 3.63) is 22.4 Å². The van der Waals surface area contributed by atoms with Gasteiger partial charge < -0.3 is 15.1 Å². The van der Waals surface area contributed by atoms with E-state index in [4.69, 9.17) is 0 Å². The molecule has 3 rings (SSSR count). The zero-order valence-corrected chi connectivity index (χ0v) is 18.8. The van der Waals surface area contributed by atoms with Crippen LogP contribution in [0.2, 0.25) is 0 Å². The zero-order chi connectivity index (χ0) is 20.6. The fourth-order valence-corrected chi connectivity index (χ4v) is 5.47. The van der Waals surface area contributed by atoms with Crippen LogP contribution in [0.4, 0.5) is 4.79 Å². The molecule has 0 aromatic carbocycles. The van der Waals surface area contributed by atoms with E-state index < -0.39 is 0 Å². The summed E-state index contributed by atoms with van der Waals surface area (Å²) in [7, 11) is 0. The van der Waals surface area contributed by atoms with Crippen molar-refractivity contribution in [2.75, 3.05) is 45.8 Å². The smallest absolute Gasteiger partial charge is 0.317 e. The summed E-state index contributed by atoms with van der Waals surface area (Å²) in [4.78, 5) is 32.8. The first-order valence-corrected chi connectivity index (χ1v) is 12.1. The van der Waals surface area contributed by atoms with Crippen LogP contribution in [0.25, 0.3) is 0 Å². The highest BCUT2D eigenvalue weighted by Gasteiger charge is 2.30. The molecule has 29 heavy (non-hydrogen) atoms. The third kappa shape index (κ3) is 5.95. The molecule has 6 nitrogen and oxygen atoms in total. The maximum Gasteiger partial charge on any atom is 0.317 e. The predicted molar refractivity (Wildman–Crippen MR) is 118 cm³/mol. The maximum atomic E-state index is 13.1. The highest BCUT2D eigenvalue weighted by molar-refractivity contribution is 7.10. The van der Waals surface area contributed by atoms with E-state index in [-0.39, 0.29) is 18.0 Å². The van der Waals surface area contributed by atoms with Crippen molar-refractivity contribution in [3.63, 3.8) is 0 Å². The Hall–Kier alpha value is -1.60. The molecule has 1 aliphatic carbocycles. The van der Waals surface area contributed by atoms with Crippen LogP contribution in [-0.4, -0.2) is 72.5 Å². The lowest BCUT2D eigenvalue weighted by Gasteiger charge is -2.28. The number of hydrogen-bond acceptors (Lipinski definition) is 4. The Balaban J connectivity index is 1.55. The van der Waals surface area contributed by atoms with Gasteiger partial charge in [-0.1, -0.05) is 18.9 Å². The number of nitrogens with one attached hydrogen (secondary N) is 1. The molecule has 0 bridgehead atoms. The maximum absolute atomic E-state index is 13.1. The predicted octanol–water partition coefficient (Wildman–Crippen LogP) is 3.57. The largest absolute Gasteiger partial charge is 0.342 e. The van der Waals surface area contributed by atoms with E-state index in [9.17, 15) is 9.59 Å². The summed E-state index contributed by atoms with van der Waals surface area (Å²) in [6.45, 7) is 9.06. The monoisotopic (exact) mass is 420 g/mol. The standard InChI is InChI=1S/C22H36N4O2S/c1-3-25(4-2)20(27)17-24-12-8-13-26(15-14-24)22(28)23-21(18-9-5-6-10-18)19-11-7-16-29-19/h7,11,16,18,21H,3-6,8-10,12-15,17H2,1-2H3,(H,23,28). The summed E-state index contributed by atoms with van der Waals surface area (Å²) < 4.78 is 0. The Morgan fingerprint density at radius 1 is 1.14 bits per heavy atom. The average Bonchev–Trinajstić information content (AvgIpc) is 3.39. The number of urea groups is 1. The fraction of sp³-hybridized carbons (Fsp3) is 0.727. The minimum atomic E-state index is 0.0484. The van der Waals surface area contributed by atoms with Crippen molar-refractivity contribution < 1.29 is 9.59 Å². The van der Waals surface area contributed by atoms with E-state index >= 15 is 0 Å². The molecule has 2 fully saturated rings. The minimum Gasteiger partial charge on any atom is -0.342 e. The van der Waals surface area contributed by atoms with Crippen LogP contribution in [0.3, 0.4) is 0 Å². The molecule has 7 heteroatoms. The topological polar surface area (TPSA) is 55.9 Å². The SMILES string of the molecule is CCN(CC)C(=O)CN1CCCN(C(=O)NC(c2cccs2)C2CCCC2)CC1. The lowest BCUT2D eigenvalue weighted by atomic mass is 9.97. The quantitative estimate of drug-likeness (QED) is 0.734. The highest BCUT2D eigenvalue weighted by Crippen LogP contribution is 2.37. The second kappa shape index (κ2) is 11.0. The molecule has 0 spiro atoms. The zero-order valence-electron chi connectivity index (χ0n) is 17.9. The molecule has 1 aliphatic heterocycles. The van der Waals surface area contributed by atoms with E-state index in [1.54, 1.807) is 11.3 Å². The van der Waals surface area contributed by atoms with E-state index in [1.807, 2.05) is 23.6 Å². The molecule has 1 unspecified atom stereocenters. The summed E-state index contributed by atoms with van der Waals surface area (Å²) >= 11 is 1.74. The van der Waals surface area contributed by atoms with Gasteiger partial charge in [-0.05, 0) is 50.5 Å². The molecular weight excluding hydrogens is 384 g/mol. The number of likely N-dealkylation sites (N-methyl/N-ethyl adjacent to an activating group) is 1. The van der Waals surface area contributed by atoms with Gasteiger partial charge in [0.1, 0.15) is 0 Å². The van der Waals surface area contributed by atoms with Crippen molar-refractivity contribution in [3.8, 4) is 0 Å². The van der Waals surface area contributed by atoms with Gasteiger partial charge in [0.25, 0.3) is 0 Å². The van der Waals surface area contributed by atoms with Gasteiger partial charge in [0.2, 0.25) is 5.91 Å². The summed E-state index contributed by atoms with van der Waals surface area (Å²) in [5.74, 6) is 0.736. The van der Waals surface area contributed by atoms with Crippen molar-refractivity contribution in [2.24, 2.45) is 5.92 Å². The van der Waals surface area contributed by atoms with Gasteiger partial charge in [-0.15, -0.1) is 11.3 Å². The summed E-state index contributed by atoms with van der Waals surface area (Å²) in [5, 5.41) is 5.45. The Bertz CT molecular complexity index is 641. The Morgan fingerprint density at radius 2 is 1.90 bits per heavy atom. The number of thiophene rings is 1. The van der Waals surface area contributed by atoms with E-state index in [0.29, 0.717) is 19.0 Å². The fourth-order valence-electron chi connectivity index (χ4n) is 4.60. The average molecular weight is 421 g/mol. The van der Waals surface area contributed by atoms with Gasteiger partial charge in [-0.2, -0.15) is 0 Å². The van der Waals surface area contributed by atoms with Crippen LogP contribution in [-0.2, 0) is 4.79 Å². The van der Waals surface area contributed by atoms with E-state index in [2.05, 4.69) is 27.7 Å². The molecule has 3 amide bonds. The molecule has 1 aromatic heterocycles. The lowest BCUT2D eigenvalue weighted by Crippen LogP contribution is -2.45. The van der Waals surface area contributed by atoms with Gasteiger partial charge in [-0.25, -0.2) is 4.79 Å². The molecule has 0 radical (unpaired) electrons. The minimum absolute atomic E-state index is 0.0484. The van der Waals surface area contributed by atoms with Crippen molar-refractivity contribution in [1.82, 2.24) is 20.0 Å². The van der Waals surface area contributed by atoms with Crippen molar-refractivity contribution >= 4 is 23.3 Å². The van der Waals surface area contributed by atoms with E-state index in [0.717, 1.165) is 39.1 Å².